The second-order valence-electron chi connectivity index (χ2n) is 5.65. The van der Waals surface area contributed by atoms with Crippen LogP contribution in [0.2, 0.25) is 0 Å². The summed E-state index contributed by atoms with van der Waals surface area (Å²) >= 11 is 1.74. The Morgan fingerprint density at radius 1 is 1.18 bits per heavy atom. The molecule has 1 heterocycles. The standard InChI is InChI=1S/C17H28N2O2S/c1-3-15(14-20)19-10-8-18(9-11-19)12-13-21-16-4-6-17(22-2)7-5-16/h4-7,15,20H,3,8-14H2,1-2H3. The van der Waals surface area contributed by atoms with Crippen molar-refractivity contribution in [3.8, 4) is 5.75 Å². The fraction of sp³-hybridized carbons (Fsp3) is 0.647. The molecule has 1 atom stereocenters. The van der Waals surface area contributed by atoms with Crippen LogP contribution in [0.4, 0.5) is 0 Å². The Bertz CT molecular complexity index is 415. The molecule has 2 rings (SSSR count). The number of ether oxygens (including phenoxy) is 1. The first kappa shape index (κ1) is 17.6. The van der Waals surface area contributed by atoms with Gasteiger partial charge in [-0.15, -0.1) is 11.8 Å². The zero-order chi connectivity index (χ0) is 15.8. The highest BCUT2D eigenvalue weighted by atomic mass is 32.2. The molecule has 1 N–H and O–H groups in total. The lowest BCUT2D eigenvalue weighted by molar-refractivity contribution is 0.0584. The second-order valence-corrected chi connectivity index (χ2v) is 6.53. The fourth-order valence-corrected chi connectivity index (χ4v) is 3.23. The van der Waals surface area contributed by atoms with Crippen molar-refractivity contribution < 1.29 is 9.84 Å². The van der Waals surface area contributed by atoms with E-state index in [1.807, 2.05) is 12.1 Å². The van der Waals surface area contributed by atoms with Crippen LogP contribution in [0.15, 0.2) is 29.2 Å². The van der Waals surface area contributed by atoms with Gasteiger partial charge >= 0.3 is 0 Å². The van der Waals surface area contributed by atoms with Gasteiger partial charge in [0.2, 0.25) is 0 Å². The van der Waals surface area contributed by atoms with Crippen LogP contribution in [0.3, 0.4) is 0 Å². The van der Waals surface area contributed by atoms with E-state index in [4.69, 9.17) is 4.74 Å². The van der Waals surface area contributed by atoms with Gasteiger partial charge in [-0.25, -0.2) is 0 Å². The Morgan fingerprint density at radius 2 is 1.86 bits per heavy atom. The molecule has 0 amide bonds. The van der Waals surface area contributed by atoms with Gasteiger partial charge in [0.05, 0.1) is 6.61 Å². The highest BCUT2D eigenvalue weighted by Crippen LogP contribution is 2.19. The van der Waals surface area contributed by atoms with E-state index in [-0.39, 0.29) is 6.61 Å². The van der Waals surface area contributed by atoms with Gasteiger partial charge in [0.25, 0.3) is 0 Å². The summed E-state index contributed by atoms with van der Waals surface area (Å²) in [4.78, 5) is 6.10. The Kier molecular flexibility index (Phi) is 7.52. The molecular weight excluding hydrogens is 296 g/mol. The van der Waals surface area contributed by atoms with Crippen molar-refractivity contribution in [1.29, 1.82) is 0 Å². The Hall–Kier alpha value is -0.750. The summed E-state index contributed by atoms with van der Waals surface area (Å²) in [6, 6.07) is 8.60. The minimum atomic E-state index is 0.269. The molecule has 124 valence electrons. The number of rotatable bonds is 8. The summed E-state index contributed by atoms with van der Waals surface area (Å²) < 4.78 is 5.82. The van der Waals surface area contributed by atoms with Gasteiger partial charge in [-0.3, -0.25) is 9.80 Å². The van der Waals surface area contributed by atoms with Gasteiger partial charge in [-0.2, -0.15) is 0 Å². The maximum Gasteiger partial charge on any atom is 0.119 e. The molecule has 22 heavy (non-hydrogen) atoms. The SMILES string of the molecule is CCC(CO)N1CCN(CCOc2ccc(SC)cc2)CC1. The molecule has 1 aliphatic heterocycles. The molecule has 0 radical (unpaired) electrons. The average Bonchev–Trinajstić information content (AvgIpc) is 2.58. The molecule has 1 unspecified atom stereocenters. The van der Waals surface area contributed by atoms with Crippen LogP contribution in [0, 0.1) is 0 Å². The van der Waals surface area contributed by atoms with Crippen molar-refractivity contribution in [2.45, 2.75) is 24.3 Å². The van der Waals surface area contributed by atoms with Crippen molar-refractivity contribution in [3.05, 3.63) is 24.3 Å². The van der Waals surface area contributed by atoms with E-state index in [2.05, 4.69) is 35.1 Å². The predicted molar refractivity (Wildman–Crippen MR) is 92.9 cm³/mol. The molecular formula is C17H28N2O2S. The summed E-state index contributed by atoms with van der Waals surface area (Å²) in [6.07, 6.45) is 3.10. The minimum absolute atomic E-state index is 0.269. The predicted octanol–water partition coefficient (Wildman–Crippen LogP) is 2.18. The van der Waals surface area contributed by atoms with Crippen LogP contribution < -0.4 is 4.74 Å². The lowest BCUT2D eigenvalue weighted by atomic mass is 10.1. The van der Waals surface area contributed by atoms with Crippen molar-refractivity contribution in [1.82, 2.24) is 9.80 Å². The van der Waals surface area contributed by atoms with Gasteiger partial charge in [0.1, 0.15) is 12.4 Å². The number of piperazine rings is 1. The highest BCUT2D eigenvalue weighted by molar-refractivity contribution is 7.98. The average molecular weight is 324 g/mol. The van der Waals surface area contributed by atoms with Crippen LogP contribution in [0.5, 0.6) is 5.75 Å². The minimum Gasteiger partial charge on any atom is -0.492 e. The van der Waals surface area contributed by atoms with Crippen molar-refractivity contribution in [2.75, 3.05) is 52.2 Å². The lowest BCUT2D eigenvalue weighted by Gasteiger charge is -2.38. The molecule has 0 aliphatic carbocycles. The van der Waals surface area contributed by atoms with E-state index in [9.17, 15) is 5.11 Å². The maximum absolute atomic E-state index is 9.37. The molecule has 4 nitrogen and oxygen atoms in total. The molecule has 1 aromatic rings. The van der Waals surface area contributed by atoms with Gasteiger partial charge < -0.3 is 9.84 Å². The number of aliphatic hydroxyl groups excluding tert-OH is 1. The molecule has 1 saturated heterocycles. The van der Waals surface area contributed by atoms with E-state index in [0.29, 0.717) is 6.04 Å². The van der Waals surface area contributed by atoms with E-state index in [1.165, 1.54) is 4.90 Å². The first-order chi connectivity index (χ1) is 10.8. The molecule has 5 heteroatoms. The van der Waals surface area contributed by atoms with E-state index in [1.54, 1.807) is 11.8 Å². The van der Waals surface area contributed by atoms with Gasteiger partial charge in [0.15, 0.2) is 0 Å². The number of aliphatic hydroxyl groups is 1. The third-order valence-corrected chi connectivity index (χ3v) is 5.08. The topological polar surface area (TPSA) is 35.9 Å². The first-order valence-corrected chi connectivity index (χ1v) is 9.33. The second kappa shape index (κ2) is 9.40. The summed E-state index contributed by atoms with van der Waals surface area (Å²) in [5, 5.41) is 9.37. The van der Waals surface area contributed by atoms with Crippen LogP contribution in [-0.2, 0) is 0 Å². The normalized spacial score (nSPS) is 18.3. The zero-order valence-electron chi connectivity index (χ0n) is 13.7. The van der Waals surface area contributed by atoms with E-state index in [0.717, 1.165) is 51.5 Å². The molecule has 0 spiro atoms. The van der Waals surface area contributed by atoms with Crippen molar-refractivity contribution in [2.24, 2.45) is 0 Å². The summed E-state index contributed by atoms with van der Waals surface area (Å²) in [7, 11) is 0. The number of hydrogen-bond donors (Lipinski definition) is 1. The number of thioether (sulfide) groups is 1. The molecule has 1 aliphatic rings. The third-order valence-electron chi connectivity index (χ3n) is 4.34. The van der Waals surface area contributed by atoms with Crippen LogP contribution >= 0.6 is 11.8 Å². The first-order valence-electron chi connectivity index (χ1n) is 8.11. The quantitative estimate of drug-likeness (QED) is 0.742. The summed E-state index contributed by atoms with van der Waals surface area (Å²) in [5.41, 5.74) is 0. The molecule has 1 fully saturated rings. The van der Waals surface area contributed by atoms with E-state index >= 15 is 0 Å². The largest absolute Gasteiger partial charge is 0.492 e. The zero-order valence-corrected chi connectivity index (χ0v) is 14.5. The molecule has 0 saturated carbocycles. The number of nitrogens with zero attached hydrogens (tertiary/aromatic N) is 2. The van der Waals surface area contributed by atoms with Crippen molar-refractivity contribution in [3.63, 3.8) is 0 Å². The van der Waals surface area contributed by atoms with Crippen molar-refractivity contribution >= 4 is 11.8 Å². The molecule has 0 bridgehead atoms. The number of benzene rings is 1. The maximum atomic E-state index is 9.37. The highest BCUT2D eigenvalue weighted by Gasteiger charge is 2.21. The summed E-state index contributed by atoms with van der Waals surface area (Å²) in [6.45, 7) is 8.32. The van der Waals surface area contributed by atoms with E-state index < -0.39 is 0 Å². The third kappa shape index (κ3) is 5.16. The van der Waals surface area contributed by atoms with Gasteiger partial charge in [-0.05, 0) is 36.9 Å². The lowest BCUT2D eigenvalue weighted by Crippen LogP contribution is -2.51. The monoisotopic (exact) mass is 324 g/mol. The van der Waals surface area contributed by atoms with Crippen LogP contribution in [0.1, 0.15) is 13.3 Å². The number of hydrogen-bond acceptors (Lipinski definition) is 5. The summed E-state index contributed by atoms with van der Waals surface area (Å²) in [5.74, 6) is 0.947. The molecule has 0 aromatic heterocycles. The molecule has 1 aromatic carbocycles. The van der Waals surface area contributed by atoms with Gasteiger partial charge in [-0.1, -0.05) is 6.92 Å². The fourth-order valence-electron chi connectivity index (χ4n) is 2.82. The Labute approximate surface area is 138 Å². The smallest absolute Gasteiger partial charge is 0.119 e. The van der Waals surface area contributed by atoms with Crippen LogP contribution in [-0.4, -0.2) is 73.1 Å². The Morgan fingerprint density at radius 3 is 2.41 bits per heavy atom. The van der Waals surface area contributed by atoms with Crippen LogP contribution in [0.25, 0.3) is 0 Å². The van der Waals surface area contributed by atoms with Gasteiger partial charge in [0, 0.05) is 43.7 Å². The Balaban J connectivity index is 1.66.